The summed E-state index contributed by atoms with van der Waals surface area (Å²) in [5, 5.41) is 3.59. The maximum absolute atomic E-state index is 12.5. The fraction of sp³-hybridized carbons (Fsp3) is 0.174. The number of para-hydroxylation sites is 1. The SMILES string of the molecule is Cc1c(Cl)cccc1NC(=O)c1ccc(CN2CCc3ccccc32)cc1. The smallest absolute Gasteiger partial charge is 0.255 e. The Morgan fingerprint density at radius 1 is 1.04 bits per heavy atom. The molecule has 27 heavy (non-hydrogen) atoms. The summed E-state index contributed by atoms with van der Waals surface area (Å²) in [7, 11) is 0. The van der Waals surface area contributed by atoms with Gasteiger partial charge in [-0.15, -0.1) is 0 Å². The van der Waals surface area contributed by atoms with Crippen molar-refractivity contribution >= 4 is 28.9 Å². The third-order valence-electron chi connectivity index (χ3n) is 5.09. The van der Waals surface area contributed by atoms with Gasteiger partial charge in [-0.1, -0.05) is 48.0 Å². The summed E-state index contributed by atoms with van der Waals surface area (Å²) in [5.41, 5.74) is 6.17. The Kier molecular flexibility index (Phi) is 4.87. The normalized spacial score (nSPS) is 12.7. The lowest BCUT2D eigenvalue weighted by Gasteiger charge is -2.19. The minimum atomic E-state index is -0.126. The summed E-state index contributed by atoms with van der Waals surface area (Å²) in [6.07, 6.45) is 1.09. The first-order chi connectivity index (χ1) is 13.1. The molecule has 0 saturated carbocycles. The molecule has 3 aromatic carbocycles. The molecule has 3 nitrogen and oxygen atoms in total. The van der Waals surface area contributed by atoms with E-state index in [1.165, 1.54) is 16.8 Å². The van der Waals surface area contributed by atoms with Crippen LogP contribution in [-0.4, -0.2) is 12.5 Å². The van der Waals surface area contributed by atoms with Gasteiger partial charge in [-0.05, 0) is 60.4 Å². The van der Waals surface area contributed by atoms with Crippen LogP contribution in [0.15, 0.2) is 66.7 Å². The number of fused-ring (bicyclic) bond motifs is 1. The molecule has 0 spiro atoms. The van der Waals surface area contributed by atoms with Crippen molar-refractivity contribution < 1.29 is 4.79 Å². The average molecular weight is 377 g/mol. The van der Waals surface area contributed by atoms with Gasteiger partial charge >= 0.3 is 0 Å². The Bertz CT molecular complexity index is 982. The van der Waals surface area contributed by atoms with Crippen LogP contribution >= 0.6 is 11.6 Å². The molecule has 0 fully saturated rings. The highest BCUT2D eigenvalue weighted by atomic mass is 35.5. The molecule has 1 aliphatic heterocycles. The molecule has 0 bridgehead atoms. The van der Waals surface area contributed by atoms with E-state index in [9.17, 15) is 4.79 Å². The summed E-state index contributed by atoms with van der Waals surface area (Å²) in [5.74, 6) is -0.126. The molecule has 1 aliphatic rings. The number of halogens is 1. The number of anilines is 2. The van der Waals surface area contributed by atoms with Crippen LogP contribution in [0.4, 0.5) is 11.4 Å². The predicted octanol–water partition coefficient (Wildman–Crippen LogP) is 5.46. The van der Waals surface area contributed by atoms with Crippen LogP contribution in [0.25, 0.3) is 0 Å². The largest absolute Gasteiger partial charge is 0.367 e. The third-order valence-corrected chi connectivity index (χ3v) is 5.50. The number of benzene rings is 3. The molecule has 0 atom stereocenters. The number of nitrogens with one attached hydrogen (secondary N) is 1. The Morgan fingerprint density at radius 3 is 2.63 bits per heavy atom. The molecule has 4 rings (SSSR count). The molecule has 0 aliphatic carbocycles. The molecular formula is C23H21ClN2O. The van der Waals surface area contributed by atoms with Gasteiger partial charge in [-0.2, -0.15) is 0 Å². The number of hydrogen-bond acceptors (Lipinski definition) is 2. The molecular weight excluding hydrogens is 356 g/mol. The van der Waals surface area contributed by atoms with E-state index in [0.717, 1.165) is 30.8 Å². The van der Waals surface area contributed by atoms with Crippen LogP contribution in [-0.2, 0) is 13.0 Å². The fourth-order valence-corrected chi connectivity index (χ4v) is 3.66. The highest BCUT2D eigenvalue weighted by molar-refractivity contribution is 6.31. The first-order valence-electron chi connectivity index (χ1n) is 9.10. The van der Waals surface area contributed by atoms with E-state index in [1.807, 2.05) is 49.4 Å². The minimum absolute atomic E-state index is 0.126. The van der Waals surface area contributed by atoms with Gasteiger partial charge in [-0.25, -0.2) is 0 Å². The Balaban J connectivity index is 1.45. The van der Waals surface area contributed by atoms with E-state index in [1.54, 1.807) is 0 Å². The van der Waals surface area contributed by atoms with Crippen molar-refractivity contribution in [2.24, 2.45) is 0 Å². The van der Waals surface area contributed by atoms with Crippen molar-refractivity contribution in [2.45, 2.75) is 19.9 Å². The predicted molar refractivity (Wildman–Crippen MR) is 112 cm³/mol. The number of carbonyl (C=O) groups excluding carboxylic acids is 1. The summed E-state index contributed by atoms with van der Waals surface area (Å²) in [6.45, 7) is 3.79. The number of rotatable bonds is 4. The van der Waals surface area contributed by atoms with Crippen LogP contribution < -0.4 is 10.2 Å². The van der Waals surface area contributed by atoms with Crippen molar-refractivity contribution in [1.82, 2.24) is 0 Å². The maximum Gasteiger partial charge on any atom is 0.255 e. The first kappa shape index (κ1) is 17.6. The molecule has 136 valence electrons. The van der Waals surface area contributed by atoms with Crippen LogP contribution in [0.5, 0.6) is 0 Å². The lowest BCUT2D eigenvalue weighted by atomic mass is 10.1. The Hall–Kier alpha value is -2.78. The molecule has 1 heterocycles. The van der Waals surface area contributed by atoms with E-state index < -0.39 is 0 Å². The topological polar surface area (TPSA) is 32.3 Å². The molecule has 0 aromatic heterocycles. The first-order valence-corrected chi connectivity index (χ1v) is 9.48. The molecule has 3 aromatic rings. The van der Waals surface area contributed by atoms with E-state index in [-0.39, 0.29) is 5.91 Å². The monoisotopic (exact) mass is 376 g/mol. The second kappa shape index (κ2) is 7.45. The minimum Gasteiger partial charge on any atom is -0.367 e. The molecule has 0 unspecified atom stereocenters. The van der Waals surface area contributed by atoms with Crippen LogP contribution in [0.3, 0.4) is 0 Å². The van der Waals surface area contributed by atoms with Crippen LogP contribution in [0.1, 0.15) is 27.0 Å². The maximum atomic E-state index is 12.5. The second-order valence-electron chi connectivity index (χ2n) is 6.86. The van der Waals surface area contributed by atoms with E-state index >= 15 is 0 Å². The molecule has 0 saturated heterocycles. The highest BCUT2D eigenvalue weighted by Gasteiger charge is 2.18. The van der Waals surface area contributed by atoms with Crippen LogP contribution in [0.2, 0.25) is 5.02 Å². The van der Waals surface area contributed by atoms with Gasteiger partial charge in [0.05, 0.1) is 0 Å². The standard InChI is InChI=1S/C23H21ClN2O/c1-16-20(24)6-4-7-21(16)25-23(27)19-11-9-17(10-12-19)15-26-14-13-18-5-2-3-8-22(18)26/h2-12H,13-15H2,1H3,(H,25,27). The Morgan fingerprint density at radius 2 is 1.81 bits per heavy atom. The Labute approximate surface area is 164 Å². The summed E-state index contributed by atoms with van der Waals surface area (Å²) in [6, 6.07) is 21.9. The molecule has 1 amide bonds. The number of amides is 1. The number of nitrogens with zero attached hydrogens (tertiary/aromatic N) is 1. The van der Waals surface area contributed by atoms with Gasteiger partial charge in [0.25, 0.3) is 5.91 Å². The van der Waals surface area contributed by atoms with Gasteiger partial charge in [0.15, 0.2) is 0 Å². The highest BCUT2D eigenvalue weighted by Crippen LogP contribution is 2.29. The van der Waals surface area contributed by atoms with Gasteiger partial charge in [0.1, 0.15) is 0 Å². The zero-order valence-corrected chi connectivity index (χ0v) is 16.0. The summed E-state index contributed by atoms with van der Waals surface area (Å²) >= 11 is 6.13. The van der Waals surface area contributed by atoms with E-state index in [0.29, 0.717) is 10.6 Å². The van der Waals surface area contributed by atoms with Crippen molar-refractivity contribution in [3.05, 3.63) is 94.0 Å². The number of hydrogen-bond donors (Lipinski definition) is 1. The average Bonchev–Trinajstić information content (AvgIpc) is 3.09. The fourth-order valence-electron chi connectivity index (χ4n) is 3.49. The van der Waals surface area contributed by atoms with Crippen molar-refractivity contribution in [2.75, 3.05) is 16.8 Å². The van der Waals surface area contributed by atoms with Crippen LogP contribution in [0, 0.1) is 6.92 Å². The van der Waals surface area contributed by atoms with E-state index in [4.69, 9.17) is 11.6 Å². The zero-order chi connectivity index (χ0) is 18.8. The molecule has 0 radical (unpaired) electrons. The summed E-state index contributed by atoms with van der Waals surface area (Å²) < 4.78 is 0. The van der Waals surface area contributed by atoms with Crippen molar-refractivity contribution in [3.63, 3.8) is 0 Å². The van der Waals surface area contributed by atoms with Crippen molar-refractivity contribution in [1.29, 1.82) is 0 Å². The second-order valence-corrected chi connectivity index (χ2v) is 7.27. The van der Waals surface area contributed by atoms with Crippen molar-refractivity contribution in [3.8, 4) is 0 Å². The lowest BCUT2D eigenvalue weighted by molar-refractivity contribution is 0.102. The molecule has 1 N–H and O–H groups in total. The lowest BCUT2D eigenvalue weighted by Crippen LogP contribution is -2.19. The number of carbonyl (C=O) groups is 1. The molecule has 4 heteroatoms. The van der Waals surface area contributed by atoms with E-state index in [2.05, 4.69) is 34.5 Å². The van der Waals surface area contributed by atoms with Gasteiger partial charge in [0, 0.05) is 35.1 Å². The zero-order valence-electron chi connectivity index (χ0n) is 15.2. The van der Waals surface area contributed by atoms with Gasteiger partial charge < -0.3 is 10.2 Å². The van der Waals surface area contributed by atoms with Gasteiger partial charge in [-0.3, -0.25) is 4.79 Å². The summed E-state index contributed by atoms with van der Waals surface area (Å²) in [4.78, 5) is 14.9. The third kappa shape index (κ3) is 3.69. The quantitative estimate of drug-likeness (QED) is 0.655. The van der Waals surface area contributed by atoms with Gasteiger partial charge in [0.2, 0.25) is 0 Å².